The fourth-order valence-electron chi connectivity index (χ4n) is 7.68. The summed E-state index contributed by atoms with van der Waals surface area (Å²) in [7, 11) is -3.74. The Morgan fingerprint density at radius 2 is 1.70 bits per heavy atom. The predicted molar refractivity (Wildman–Crippen MR) is 115 cm³/mol. The minimum atomic E-state index is -3.74. The van der Waals surface area contributed by atoms with Gasteiger partial charge in [-0.1, -0.05) is 24.6 Å². The molecule has 1 aromatic rings. The minimum absolute atomic E-state index is 0.0593. The first-order valence-corrected chi connectivity index (χ1v) is 13.2. The molecule has 0 radical (unpaired) electrons. The number of aryl methyl sites for hydroxylation is 1. The number of rotatable bonds is 3. The van der Waals surface area contributed by atoms with Gasteiger partial charge in [-0.05, 0) is 99.0 Å². The number of fused-ring (bicyclic) bond motifs is 5. The molecule has 0 unspecified atom stereocenters. The summed E-state index contributed by atoms with van der Waals surface area (Å²) in [6.07, 6.45) is 8.93. The summed E-state index contributed by atoms with van der Waals surface area (Å²) >= 11 is 0. The monoisotopic (exact) mass is 430 g/mol. The van der Waals surface area contributed by atoms with Crippen LogP contribution in [-0.2, 0) is 19.1 Å². The number of ketones is 1. The van der Waals surface area contributed by atoms with Crippen LogP contribution in [0.15, 0.2) is 29.2 Å². The van der Waals surface area contributed by atoms with E-state index >= 15 is 0 Å². The molecule has 0 aliphatic heterocycles. The minimum Gasteiger partial charge on any atom is -0.300 e. The Bertz CT molecular complexity index is 921. The third-order valence-corrected chi connectivity index (χ3v) is 10.6. The summed E-state index contributed by atoms with van der Waals surface area (Å²) in [5.74, 6) is 3.73. The third kappa shape index (κ3) is 3.37. The molecule has 1 aromatic carbocycles. The van der Waals surface area contributed by atoms with Crippen molar-refractivity contribution in [1.82, 2.24) is 0 Å². The predicted octanol–water partition coefficient (Wildman–Crippen LogP) is 5.29. The second-order valence-electron chi connectivity index (χ2n) is 10.7. The Kier molecular flexibility index (Phi) is 5.13. The molecule has 4 nitrogen and oxygen atoms in total. The second-order valence-corrected chi connectivity index (χ2v) is 12.3. The van der Waals surface area contributed by atoms with Crippen molar-refractivity contribution < 1.29 is 17.4 Å². The second kappa shape index (κ2) is 7.44. The summed E-state index contributed by atoms with van der Waals surface area (Å²) in [6.45, 7) is 4.24. The van der Waals surface area contributed by atoms with Crippen LogP contribution in [0.25, 0.3) is 0 Å². The fourth-order valence-corrected chi connectivity index (χ4v) is 8.89. The molecule has 7 atom stereocenters. The van der Waals surface area contributed by atoms with Gasteiger partial charge in [0.25, 0.3) is 10.1 Å². The van der Waals surface area contributed by atoms with Gasteiger partial charge in [-0.15, -0.1) is 0 Å². The Morgan fingerprint density at radius 1 is 0.933 bits per heavy atom. The molecule has 4 fully saturated rings. The van der Waals surface area contributed by atoms with Crippen molar-refractivity contribution in [1.29, 1.82) is 0 Å². The van der Waals surface area contributed by atoms with E-state index in [9.17, 15) is 13.2 Å². The molecule has 30 heavy (non-hydrogen) atoms. The maximum atomic E-state index is 13.0. The molecule has 5 rings (SSSR count). The first-order valence-electron chi connectivity index (χ1n) is 11.8. The van der Waals surface area contributed by atoms with Crippen LogP contribution in [0.5, 0.6) is 0 Å². The summed E-state index contributed by atoms with van der Waals surface area (Å²) in [4.78, 5) is 12.2. The zero-order valence-corrected chi connectivity index (χ0v) is 19.0. The summed E-state index contributed by atoms with van der Waals surface area (Å²) in [6, 6.07) is 6.96. The van der Waals surface area contributed by atoms with Crippen LogP contribution in [0.1, 0.15) is 70.3 Å². The van der Waals surface area contributed by atoms with Gasteiger partial charge in [0.05, 0.1) is 11.0 Å². The molecule has 4 aliphatic rings. The molecule has 5 heteroatoms. The van der Waals surface area contributed by atoms with Gasteiger partial charge in [0.15, 0.2) is 0 Å². The van der Waals surface area contributed by atoms with Crippen LogP contribution in [-0.4, -0.2) is 20.3 Å². The van der Waals surface area contributed by atoms with E-state index in [1.165, 1.54) is 12.8 Å². The van der Waals surface area contributed by atoms with Gasteiger partial charge < -0.3 is 0 Å². The Morgan fingerprint density at radius 3 is 2.47 bits per heavy atom. The van der Waals surface area contributed by atoms with Gasteiger partial charge in [-0.2, -0.15) is 8.42 Å². The highest BCUT2D eigenvalue weighted by molar-refractivity contribution is 7.86. The Hall–Kier alpha value is -1.20. The molecule has 0 saturated heterocycles. The molecule has 164 valence electrons. The quantitative estimate of drug-likeness (QED) is 0.611. The highest BCUT2D eigenvalue weighted by Crippen LogP contribution is 2.63. The summed E-state index contributed by atoms with van der Waals surface area (Å²) in [5.41, 5.74) is 0.983. The van der Waals surface area contributed by atoms with E-state index in [4.69, 9.17) is 4.18 Å². The van der Waals surface area contributed by atoms with Crippen LogP contribution in [0.2, 0.25) is 0 Å². The van der Waals surface area contributed by atoms with E-state index in [0.29, 0.717) is 29.5 Å². The first-order chi connectivity index (χ1) is 14.3. The number of carbonyl (C=O) groups excluding carboxylic acids is 1. The van der Waals surface area contributed by atoms with Crippen molar-refractivity contribution in [3.05, 3.63) is 29.8 Å². The van der Waals surface area contributed by atoms with E-state index < -0.39 is 10.1 Å². The van der Waals surface area contributed by atoms with Crippen molar-refractivity contribution in [3.63, 3.8) is 0 Å². The van der Waals surface area contributed by atoms with Crippen LogP contribution in [0, 0.1) is 41.9 Å². The molecule has 0 spiro atoms. The van der Waals surface area contributed by atoms with Gasteiger partial charge in [0.1, 0.15) is 5.78 Å². The zero-order chi connectivity index (χ0) is 21.1. The average molecular weight is 431 g/mol. The SMILES string of the molecule is Cc1ccc(S(=O)(=O)O[C@H]2CC[C@H]3[C@@H]4CC[C@@H]5CC(=O)CC[C@@H]5[C@H]4CC[C@]23C)cc1. The van der Waals surface area contributed by atoms with Crippen molar-refractivity contribution in [2.24, 2.45) is 35.0 Å². The largest absolute Gasteiger partial charge is 0.300 e. The van der Waals surface area contributed by atoms with Crippen molar-refractivity contribution in [2.75, 3.05) is 0 Å². The van der Waals surface area contributed by atoms with Crippen LogP contribution < -0.4 is 0 Å². The summed E-state index contributed by atoms with van der Waals surface area (Å²) in [5, 5.41) is 0. The molecule has 0 bridgehead atoms. The maximum Gasteiger partial charge on any atom is 0.297 e. The highest BCUT2D eigenvalue weighted by atomic mass is 32.2. The highest BCUT2D eigenvalue weighted by Gasteiger charge is 2.58. The van der Waals surface area contributed by atoms with Gasteiger partial charge in [-0.3, -0.25) is 8.98 Å². The lowest BCUT2D eigenvalue weighted by Gasteiger charge is -2.55. The molecular weight excluding hydrogens is 396 g/mol. The van der Waals surface area contributed by atoms with E-state index in [2.05, 4.69) is 6.92 Å². The van der Waals surface area contributed by atoms with Gasteiger partial charge in [0, 0.05) is 12.8 Å². The normalized spacial score (nSPS) is 41.1. The van der Waals surface area contributed by atoms with Gasteiger partial charge in [0.2, 0.25) is 0 Å². The average Bonchev–Trinajstić information content (AvgIpc) is 3.03. The third-order valence-electron chi connectivity index (χ3n) is 9.23. The fraction of sp³-hybridized carbons (Fsp3) is 0.720. The van der Waals surface area contributed by atoms with Gasteiger partial charge >= 0.3 is 0 Å². The van der Waals surface area contributed by atoms with E-state index in [1.54, 1.807) is 12.1 Å². The van der Waals surface area contributed by atoms with E-state index in [-0.39, 0.29) is 16.4 Å². The van der Waals surface area contributed by atoms with Gasteiger partial charge in [-0.25, -0.2) is 0 Å². The molecule has 0 aromatic heterocycles. The van der Waals surface area contributed by atoms with E-state index in [0.717, 1.165) is 56.4 Å². The lowest BCUT2D eigenvalue weighted by Crippen LogP contribution is -2.50. The van der Waals surface area contributed by atoms with Crippen LogP contribution in [0.3, 0.4) is 0 Å². The Labute approximate surface area is 180 Å². The first kappa shape index (κ1) is 20.7. The molecule has 0 amide bonds. The lowest BCUT2D eigenvalue weighted by molar-refractivity contribution is -0.128. The van der Waals surface area contributed by atoms with Crippen molar-refractivity contribution in [2.45, 2.75) is 82.6 Å². The standard InChI is InChI=1S/C25H34O4S/c1-16-3-7-19(8-4-16)30(27,28)29-24-12-11-23-22-9-5-17-15-18(26)6-10-20(17)21(22)13-14-25(23,24)2/h3-4,7-8,17,20-24H,5-6,9-15H2,1-2H3/t17-,20+,21-,22-,23+,24+,25+/m1/s1. The number of hydrogen-bond acceptors (Lipinski definition) is 4. The van der Waals surface area contributed by atoms with Crippen LogP contribution >= 0.6 is 0 Å². The topological polar surface area (TPSA) is 60.4 Å². The number of carbonyl (C=O) groups is 1. The van der Waals surface area contributed by atoms with Crippen molar-refractivity contribution in [3.8, 4) is 0 Å². The molecule has 0 N–H and O–H groups in total. The molecule has 4 aliphatic carbocycles. The maximum absolute atomic E-state index is 13.0. The molecule has 4 saturated carbocycles. The molecule has 0 heterocycles. The number of benzene rings is 1. The number of hydrogen-bond donors (Lipinski definition) is 0. The number of Topliss-reactive ketones (excluding diaryl/α,β-unsaturated/α-hetero) is 1. The van der Waals surface area contributed by atoms with Crippen molar-refractivity contribution >= 4 is 15.9 Å². The lowest BCUT2D eigenvalue weighted by atomic mass is 9.50. The van der Waals surface area contributed by atoms with E-state index in [1.807, 2.05) is 19.1 Å². The van der Waals surface area contributed by atoms with Crippen LogP contribution in [0.4, 0.5) is 0 Å². The Balaban J connectivity index is 1.34. The zero-order valence-electron chi connectivity index (χ0n) is 18.2. The summed E-state index contributed by atoms with van der Waals surface area (Å²) < 4.78 is 31.9. The molecular formula is C25H34O4S. The smallest absolute Gasteiger partial charge is 0.297 e.